The molecule has 0 aliphatic rings. The van der Waals surface area contributed by atoms with E-state index in [0.29, 0.717) is 0 Å². The Hall–Kier alpha value is -3.85. The molecule has 0 radical (unpaired) electrons. The van der Waals surface area contributed by atoms with E-state index in [9.17, 15) is 0 Å². The van der Waals surface area contributed by atoms with Gasteiger partial charge in [-0.25, -0.2) is 0 Å². The molecule has 132 valence electrons. The summed E-state index contributed by atoms with van der Waals surface area (Å²) >= 11 is 0. The maximum atomic E-state index is 5.64. The quantitative estimate of drug-likeness (QED) is 0.349. The highest BCUT2D eigenvalue weighted by Gasteiger charge is 2.15. The number of benzene rings is 3. The molecule has 0 atom stereocenters. The van der Waals surface area contributed by atoms with Crippen LogP contribution >= 0.6 is 0 Å². The summed E-state index contributed by atoms with van der Waals surface area (Å²) in [5.74, 6) is 0. The molecule has 6 rings (SSSR count). The predicted molar refractivity (Wildman–Crippen MR) is 114 cm³/mol. The highest BCUT2D eigenvalue weighted by Crippen LogP contribution is 2.37. The Kier molecular flexibility index (Phi) is 3.17. The summed E-state index contributed by atoms with van der Waals surface area (Å²) in [5, 5.41) is 3.62. The van der Waals surface area contributed by atoms with Crippen LogP contribution in [0.5, 0.6) is 0 Å². The first-order valence-corrected chi connectivity index (χ1v) is 9.31. The highest BCUT2D eigenvalue weighted by molar-refractivity contribution is 6.20. The molecule has 3 heterocycles. The van der Waals surface area contributed by atoms with Crippen molar-refractivity contribution in [1.29, 1.82) is 0 Å². The second-order valence-electron chi connectivity index (χ2n) is 6.91. The molecule has 3 heteroatoms. The van der Waals surface area contributed by atoms with Crippen molar-refractivity contribution in [3.63, 3.8) is 0 Å². The van der Waals surface area contributed by atoms with E-state index in [1.54, 1.807) is 6.26 Å². The monoisotopic (exact) mass is 360 g/mol. The fourth-order valence-corrected chi connectivity index (χ4v) is 4.10. The standard InChI is InChI=1S/C25H16N2O/c1-2-7-22-19(5-1)25-20-14-16-28-24(20)13-12-23(25)27(22)18-10-8-17(9-11-18)21-6-3-4-15-26-21/h1-16H. The van der Waals surface area contributed by atoms with Crippen molar-refractivity contribution in [3.8, 4) is 16.9 Å². The number of hydrogen-bond donors (Lipinski definition) is 0. The number of rotatable bonds is 2. The van der Waals surface area contributed by atoms with E-state index < -0.39 is 0 Å². The van der Waals surface area contributed by atoms with Gasteiger partial charge >= 0.3 is 0 Å². The Bertz CT molecular complexity index is 1440. The van der Waals surface area contributed by atoms with E-state index >= 15 is 0 Å². The smallest absolute Gasteiger partial charge is 0.134 e. The van der Waals surface area contributed by atoms with E-state index in [4.69, 9.17) is 4.42 Å². The van der Waals surface area contributed by atoms with Gasteiger partial charge in [-0.05, 0) is 48.5 Å². The zero-order valence-electron chi connectivity index (χ0n) is 15.0. The lowest BCUT2D eigenvalue weighted by atomic mass is 10.1. The molecule has 0 saturated heterocycles. The zero-order valence-corrected chi connectivity index (χ0v) is 15.0. The summed E-state index contributed by atoms with van der Waals surface area (Å²) in [6.07, 6.45) is 3.59. The van der Waals surface area contributed by atoms with Crippen molar-refractivity contribution >= 4 is 32.8 Å². The Morgan fingerprint density at radius 1 is 0.679 bits per heavy atom. The van der Waals surface area contributed by atoms with Gasteiger partial charge in [-0.1, -0.05) is 36.4 Å². The molecule has 28 heavy (non-hydrogen) atoms. The number of pyridine rings is 1. The van der Waals surface area contributed by atoms with Crippen LogP contribution in [-0.2, 0) is 0 Å². The van der Waals surface area contributed by atoms with Crippen molar-refractivity contribution in [2.45, 2.75) is 0 Å². The minimum Gasteiger partial charge on any atom is -0.464 e. The zero-order chi connectivity index (χ0) is 18.5. The van der Waals surface area contributed by atoms with Crippen LogP contribution in [0.15, 0.2) is 102 Å². The lowest BCUT2D eigenvalue weighted by molar-refractivity contribution is 0.616. The van der Waals surface area contributed by atoms with Crippen LogP contribution in [0.4, 0.5) is 0 Å². The van der Waals surface area contributed by atoms with Gasteiger partial charge in [0.2, 0.25) is 0 Å². The number of furan rings is 1. The van der Waals surface area contributed by atoms with Gasteiger partial charge < -0.3 is 8.98 Å². The van der Waals surface area contributed by atoms with Gasteiger partial charge in [-0.3, -0.25) is 4.98 Å². The van der Waals surface area contributed by atoms with Crippen LogP contribution in [-0.4, -0.2) is 9.55 Å². The topological polar surface area (TPSA) is 31.0 Å². The second-order valence-corrected chi connectivity index (χ2v) is 6.91. The van der Waals surface area contributed by atoms with Crippen molar-refractivity contribution in [2.24, 2.45) is 0 Å². The summed E-state index contributed by atoms with van der Waals surface area (Å²) in [6.45, 7) is 0. The molecule has 0 bridgehead atoms. The van der Waals surface area contributed by atoms with E-state index in [0.717, 1.165) is 27.9 Å². The lowest BCUT2D eigenvalue weighted by Crippen LogP contribution is -1.93. The molecule has 0 amide bonds. The van der Waals surface area contributed by atoms with Gasteiger partial charge in [0.1, 0.15) is 5.58 Å². The number of fused-ring (bicyclic) bond motifs is 5. The van der Waals surface area contributed by atoms with Crippen LogP contribution in [0.25, 0.3) is 49.7 Å². The Balaban J connectivity index is 1.63. The molecular weight excluding hydrogens is 344 g/mol. The number of aromatic nitrogens is 2. The summed E-state index contributed by atoms with van der Waals surface area (Å²) in [7, 11) is 0. The lowest BCUT2D eigenvalue weighted by Gasteiger charge is -2.09. The minimum atomic E-state index is 0.918. The van der Waals surface area contributed by atoms with Crippen LogP contribution < -0.4 is 0 Å². The highest BCUT2D eigenvalue weighted by atomic mass is 16.3. The molecule has 0 spiro atoms. The first kappa shape index (κ1) is 15.2. The van der Waals surface area contributed by atoms with Gasteiger partial charge in [-0.2, -0.15) is 0 Å². The molecule has 0 N–H and O–H groups in total. The van der Waals surface area contributed by atoms with Crippen molar-refractivity contribution in [2.75, 3.05) is 0 Å². The third-order valence-corrected chi connectivity index (χ3v) is 5.35. The van der Waals surface area contributed by atoms with Gasteiger partial charge in [0.05, 0.1) is 23.0 Å². The minimum absolute atomic E-state index is 0.918. The first-order valence-electron chi connectivity index (χ1n) is 9.31. The van der Waals surface area contributed by atoms with Gasteiger partial charge in [0.15, 0.2) is 0 Å². The fourth-order valence-electron chi connectivity index (χ4n) is 4.10. The maximum absolute atomic E-state index is 5.64. The average molecular weight is 360 g/mol. The maximum Gasteiger partial charge on any atom is 0.134 e. The first-order chi connectivity index (χ1) is 13.9. The van der Waals surface area contributed by atoms with Crippen LogP contribution in [0, 0.1) is 0 Å². The molecule has 3 aromatic carbocycles. The second kappa shape index (κ2) is 5.83. The molecule has 3 aromatic heterocycles. The molecule has 0 fully saturated rings. The van der Waals surface area contributed by atoms with E-state index in [-0.39, 0.29) is 0 Å². The van der Waals surface area contributed by atoms with Gasteiger partial charge in [0, 0.05) is 33.6 Å². The predicted octanol–water partition coefficient (Wildman–Crippen LogP) is 6.59. The van der Waals surface area contributed by atoms with E-state index in [1.807, 2.05) is 24.4 Å². The molecular formula is C25H16N2O. The van der Waals surface area contributed by atoms with Crippen molar-refractivity contribution in [3.05, 3.63) is 97.4 Å². The SMILES string of the molecule is c1ccc(-c2ccc(-n3c4ccccc4c4c5ccoc5ccc43)cc2)nc1. The average Bonchev–Trinajstić information content (AvgIpc) is 3.36. The fraction of sp³-hybridized carbons (Fsp3) is 0. The number of nitrogens with zero attached hydrogens (tertiary/aromatic N) is 2. The van der Waals surface area contributed by atoms with Gasteiger partial charge in [-0.15, -0.1) is 0 Å². The number of hydrogen-bond acceptors (Lipinski definition) is 2. The molecule has 0 unspecified atom stereocenters. The van der Waals surface area contributed by atoms with Crippen molar-refractivity contribution < 1.29 is 4.42 Å². The largest absolute Gasteiger partial charge is 0.464 e. The Morgan fingerprint density at radius 2 is 1.54 bits per heavy atom. The van der Waals surface area contributed by atoms with Gasteiger partial charge in [0.25, 0.3) is 0 Å². The summed E-state index contributed by atoms with van der Waals surface area (Å²) < 4.78 is 7.96. The van der Waals surface area contributed by atoms with Crippen LogP contribution in [0.3, 0.4) is 0 Å². The summed E-state index contributed by atoms with van der Waals surface area (Å²) in [5.41, 5.74) is 6.52. The molecule has 0 aliphatic carbocycles. The van der Waals surface area contributed by atoms with E-state index in [1.165, 1.54) is 21.8 Å². The molecule has 3 nitrogen and oxygen atoms in total. The Morgan fingerprint density at radius 3 is 2.39 bits per heavy atom. The molecule has 0 saturated carbocycles. The van der Waals surface area contributed by atoms with E-state index in [2.05, 4.69) is 76.3 Å². The summed E-state index contributed by atoms with van der Waals surface area (Å²) in [4.78, 5) is 4.45. The van der Waals surface area contributed by atoms with Crippen LogP contribution in [0.1, 0.15) is 0 Å². The third kappa shape index (κ3) is 2.13. The normalized spacial score (nSPS) is 11.6. The third-order valence-electron chi connectivity index (χ3n) is 5.35. The molecule has 0 aliphatic heterocycles. The summed E-state index contributed by atoms with van der Waals surface area (Å²) in [6, 6.07) is 29.4. The van der Waals surface area contributed by atoms with Crippen molar-refractivity contribution in [1.82, 2.24) is 9.55 Å². The molecule has 6 aromatic rings. The number of para-hydroxylation sites is 1. The Labute approximate surface area is 161 Å². The van der Waals surface area contributed by atoms with Crippen LogP contribution in [0.2, 0.25) is 0 Å².